The topological polar surface area (TPSA) is 58.9 Å². The molecule has 0 saturated heterocycles. The molecule has 0 aromatic heterocycles. The third-order valence-electron chi connectivity index (χ3n) is 4.73. The number of oxime groups is 1. The van der Waals surface area contributed by atoms with Crippen LogP contribution in [0.1, 0.15) is 73.1 Å². The molecule has 28 heavy (non-hydrogen) atoms. The van der Waals surface area contributed by atoms with Crippen molar-refractivity contribution < 1.29 is 14.7 Å². The van der Waals surface area contributed by atoms with Gasteiger partial charge in [-0.15, -0.1) is 0 Å². The number of carboxylic acids is 1. The Morgan fingerprint density at radius 3 is 2.29 bits per heavy atom. The van der Waals surface area contributed by atoms with E-state index in [1.807, 2.05) is 19.9 Å². The number of fused-ring (bicyclic) bond motifs is 1. The van der Waals surface area contributed by atoms with Crippen LogP contribution in [0.15, 0.2) is 47.6 Å². The van der Waals surface area contributed by atoms with E-state index in [4.69, 9.17) is 9.94 Å². The van der Waals surface area contributed by atoms with Crippen LogP contribution in [0.5, 0.6) is 0 Å². The summed E-state index contributed by atoms with van der Waals surface area (Å²) in [6, 6.07) is 12.8. The summed E-state index contributed by atoms with van der Waals surface area (Å²) in [5.41, 5.74) is 5.34. The van der Waals surface area contributed by atoms with Gasteiger partial charge in [0.1, 0.15) is 7.11 Å². The Morgan fingerprint density at radius 1 is 1.07 bits per heavy atom. The summed E-state index contributed by atoms with van der Waals surface area (Å²) in [7, 11) is 1.57. The van der Waals surface area contributed by atoms with Gasteiger partial charge in [-0.1, -0.05) is 50.8 Å². The Hall–Kier alpha value is -3.06. The smallest absolute Gasteiger partial charge is 0.335 e. The minimum Gasteiger partial charge on any atom is -0.478 e. The molecule has 0 atom stereocenters. The van der Waals surface area contributed by atoms with Gasteiger partial charge in [-0.2, -0.15) is 0 Å². The summed E-state index contributed by atoms with van der Waals surface area (Å²) in [4.78, 5) is 15.9. The lowest BCUT2D eigenvalue weighted by Crippen LogP contribution is -2.27. The van der Waals surface area contributed by atoms with Crippen molar-refractivity contribution >= 4 is 11.7 Å². The van der Waals surface area contributed by atoms with Crippen molar-refractivity contribution in [2.45, 2.75) is 46.0 Å². The summed E-state index contributed by atoms with van der Waals surface area (Å²) >= 11 is 0. The molecule has 2 aromatic rings. The average molecular weight is 377 g/mol. The second kappa shape index (κ2) is 9.23. The number of rotatable bonds is 2. The van der Waals surface area contributed by atoms with Gasteiger partial charge >= 0.3 is 5.97 Å². The van der Waals surface area contributed by atoms with Crippen molar-refractivity contribution in [1.29, 1.82) is 0 Å². The standard InChI is InChI=1S/C22H21NO3.C2H6/c1-22(2)13-12-20(23-26-3)18-14-16(8-11-19(18)22)5-4-15-6-9-17(10-7-15)21(24)25;1-2/h6-11,14H,12-13H2,1-3H3,(H,24,25);1-2H3/b23-20-;. The molecule has 0 bridgehead atoms. The third-order valence-corrected chi connectivity index (χ3v) is 4.73. The van der Waals surface area contributed by atoms with Crippen LogP contribution in [0.2, 0.25) is 0 Å². The van der Waals surface area contributed by atoms with Gasteiger partial charge in [-0.3, -0.25) is 0 Å². The molecule has 3 rings (SSSR count). The highest BCUT2D eigenvalue weighted by atomic mass is 16.6. The number of nitrogens with zero attached hydrogens (tertiary/aromatic N) is 1. The summed E-state index contributed by atoms with van der Waals surface area (Å²) in [6.45, 7) is 8.48. The summed E-state index contributed by atoms with van der Waals surface area (Å²) in [5, 5.41) is 13.1. The molecule has 146 valence electrons. The number of benzene rings is 2. The Kier molecular flexibility index (Phi) is 7.00. The lowest BCUT2D eigenvalue weighted by Gasteiger charge is -2.33. The van der Waals surface area contributed by atoms with E-state index < -0.39 is 5.97 Å². The first-order chi connectivity index (χ1) is 13.4. The molecule has 0 heterocycles. The Balaban J connectivity index is 0.00000136. The summed E-state index contributed by atoms with van der Waals surface area (Å²) < 4.78 is 0. The van der Waals surface area contributed by atoms with Gasteiger partial charge in [0.2, 0.25) is 0 Å². The highest BCUT2D eigenvalue weighted by Crippen LogP contribution is 2.37. The van der Waals surface area contributed by atoms with E-state index in [2.05, 4.69) is 43.0 Å². The van der Waals surface area contributed by atoms with E-state index in [1.165, 1.54) is 5.56 Å². The minimum atomic E-state index is -0.938. The van der Waals surface area contributed by atoms with Crippen molar-refractivity contribution in [3.8, 4) is 11.8 Å². The van der Waals surface area contributed by atoms with Gasteiger partial charge in [0, 0.05) is 16.7 Å². The molecule has 0 radical (unpaired) electrons. The zero-order valence-electron chi connectivity index (χ0n) is 17.2. The molecule has 1 aliphatic rings. The zero-order chi connectivity index (χ0) is 20.7. The predicted octanol–water partition coefficient (Wildman–Crippen LogP) is 5.23. The van der Waals surface area contributed by atoms with Gasteiger partial charge < -0.3 is 9.94 Å². The molecule has 4 nitrogen and oxygen atoms in total. The lowest BCUT2D eigenvalue weighted by atomic mass is 9.72. The first-order valence-electron chi connectivity index (χ1n) is 9.51. The maximum atomic E-state index is 10.9. The van der Waals surface area contributed by atoms with Crippen molar-refractivity contribution in [1.82, 2.24) is 0 Å². The van der Waals surface area contributed by atoms with Gasteiger partial charge in [-0.25, -0.2) is 4.79 Å². The number of aromatic carboxylic acids is 1. The van der Waals surface area contributed by atoms with Crippen molar-refractivity contribution in [3.05, 3.63) is 70.3 Å². The molecule has 2 aromatic carbocycles. The highest BCUT2D eigenvalue weighted by Gasteiger charge is 2.30. The monoisotopic (exact) mass is 377 g/mol. The third kappa shape index (κ3) is 4.80. The molecule has 1 N–H and O–H groups in total. The first-order valence-corrected chi connectivity index (χ1v) is 9.51. The van der Waals surface area contributed by atoms with E-state index in [1.54, 1.807) is 31.4 Å². The number of hydrogen-bond donors (Lipinski definition) is 1. The van der Waals surface area contributed by atoms with E-state index in [-0.39, 0.29) is 11.0 Å². The molecule has 1 aliphatic carbocycles. The van der Waals surface area contributed by atoms with Crippen molar-refractivity contribution in [2.75, 3.05) is 7.11 Å². The molecule has 0 amide bonds. The molecule has 0 aliphatic heterocycles. The molecule has 0 unspecified atom stereocenters. The van der Waals surface area contributed by atoms with E-state index in [9.17, 15) is 4.79 Å². The van der Waals surface area contributed by atoms with E-state index >= 15 is 0 Å². The lowest BCUT2D eigenvalue weighted by molar-refractivity contribution is 0.0697. The maximum Gasteiger partial charge on any atom is 0.335 e. The first kappa shape index (κ1) is 21.2. The Morgan fingerprint density at radius 2 is 1.68 bits per heavy atom. The van der Waals surface area contributed by atoms with Crippen molar-refractivity contribution in [3.63, 3.8) is 0 Å². The van der Waals surface area contributed by atoms with Crippen LogP contribution in [-0.4, -0.2) is 23.9 Å². The molecular weight excluding hydrogens is 350 g/mol. The average Bonchev–Trinajstić information content (AvgIpc) is 2.70. The Labute approximate surface area is 167 Å². The Bertz CT molecular complexity index is 929. The van der Waals surface area contributed by atoms with Crippen LogP contribution in [0.25, 0.3) is 0 Å². The molecular formula is C24H27NO3. The number of carbonyl (C=O) groups is 1. The highest BCUT2D eigenvalue weighted by molar-refractivity contribution is 6.03. The van der Waals surface area contributed by atoms with Crippen LogP contribution >= 0.6 is 0 Å². The van der Waals surface area contributed by atoms with Crippen molar-refractivity contribution in [2.24, 2.45) is 5.16 Å². The largest absolute Gasteiger partial charge is 0.478 e. The van der Waals surface area contributed by atoms with Crippen LogP contribution < -0.4 is 0 Å². The summed E-state index contributed by atoms with van der Waals surface area (Å²) in [6.07, 6.45) is 1.91. The second-order valence-corrected chi connectivity index (χ2v) is 7.00. The number of hydrogen-bond acceptors (Lipinski definition) is 3. The van der Waals surface area contributed by atoms with Crippen LogP contribution in [0, 0.1) is 11.8 Å². The molecule has 4 heteroatoms. The minimum absolute atomic E-state index is 0.0979. The zero-order valence-corrected chi connectivity index (χ0v) is 17.2. The van der Waals surface area contributed by atoms with E-state index in [0.29, 0.717) is 0 Å². The maximum absolute atomic E-state index is 10.9. The van der Waals surface area contributed by atoms with Crippen LogP contribution in [0.4, 0.5) is 0 Å². The quantitative estimate of drug-likeness (QED) is 0.576. The fraction of sp³-hybridized carbons (Fsp3) is 0.333. The molecule has 0 saturated carbocycles. The fourth-order valence-corrected chi connectivity index (χ4v) is 3.20. The van der Waals surface area contributed by atoms with Gasteiger partial charge in [0.25, 0.3) is 0 Å². The fourth-order valence-electron chi connectivity index (χ4n) is 3.20. The molecule has 0 fully saturated rings. The molecule has 0 spiro atoms. The summed E-state index contributed by atoms with van der Waals surface area (Å²) in [5.74, 6) is 5.31. The normalized spacial score (nSPS) is 15.4. The van der Waals surface area contributed by atoms with Crippen LogP contribution in [0.3, 0.4) is 0 Å². The van der Waals surface area contributed by atoms with Crippen LogP contribution in [-0.2, 0) is 10.3 Å². The van der Waals surface area contributed by atoms with Gasteiger partial charge in [0.05, 0.1) is 11.3 Å². The van der Waals surface area contributed by atoms with Gasteiger partial charge in [0.15, 0.2) is 0 Å². The SMILES string of the molecule is CC.CO/N=C1/CCC(C)(C)c2ccc(C#Cc3ccc(C(=O)O)cc3)cc21. The van der Waals surface area contributed by atoms with E-state index in [0.717, 1.165) is 35.2 Å². The predicted molar refractivity (Wildman–Crippen MR) is 113 cm³/mol. The second-order valence-electron chi connectivity index (χ2n) is 7.00. The number of carboxylic acid groups (broad SMARTS) is 1. The van der Waals surface area contributed by atoms with Gasteiger partial charge in [-0.05, 0) is 60.2 Å².